The van der Waals surface area contributed by atoms with E-state index in [9.17, 15) is 9.59 Å². The Kier molecular flexibility index (Phi) is 2.49. The molecule has 3 nitrogen and oxygen atoms in total. The van der Waals surface area contributed by atoms with E-state index in [1.54, 1.807) is 0 Å². The van der Waals surface area contributed by atoms with Crippen molar-refractivity contribution in [2.24, 2.45) is 5.92 Å². The van der Waals surface area contributed by atoms with Crippen LogP contribution in [0.1, 0.15) is 12.8 Å². The van der Waals surface area contributed by atoms with Gasteiger partial charge in [0, 0.05) is 9.65 Å². The number of rotatable bonds is 0. The van der Waals surface area contributed by atoms with E-state index in [1.807, 2.05) is 0 Å². The third kappa shape index (κ3) is 1.46. The molecule has 2 rings (SSSR count). The Bertz CT molecular complexity index is 269. The van der Waals surface area contributed by atoms with Gasteiger partial charge in [-0.25, -0.2) is 0 Å². The van der Waals surface area contributed by atoms with Gasteiger partial charge in [-0.15, -0.1) is 0 Å². The van der Waals surface area contributed by atoms with Gasteiger partial charge in [0.2, 0.25) is 5.78 Å². The minimum atomic E-state index is -0.425. The molecule has 1 aliphatic carbocycles. The van der Waals surface area contributed by atoms with Crippen LogP contribution in [0.5, 0.6) is 0 Å². The van der Waals surface area contributed by atoms with Crippen LogP contribution < -0.4 is 5.32 Å². The summed E-state index contributed by atoms with van der Waals surface area (Å²) in [5.41, 5.74) is 0. The molecule has 1 aliphatic heterocycles. The molecule has 4 unspecified atom stereocenters. The average Bonchev–Trinajstić information content (AvgIpc) is 2.38. The Hall–Kier alpha value is 0.1000. The largest absolute Gasteiger partial charge is 0.345 e. The summed E-state index contributed by atoms with van der Waals surface area (Å²) >= 11 is 6.95. The van der Waals surface area contributed by atoms with Crippen molar-refractivity contribution in [1.82, 2.24) is 5.32 Å². The zero-order valence-corrected chi connectivity index (χ0v) is 9.97. The maximum atomic E-state index is 11.4. The molecule has 0 aromatic rings. The molecule has 1 heterocycles. The van der Waals surface area contributed by atoms with Crippen LogP contribution in [0.2, 0.25) is 0 Å². The number of carbonyl (C=O) groups is 2. The fourth-order valence-corrected chi connectivity index (χ4v) is 3.57. The van der Waals surface area contributed by atoms with Gasteiger partial charge >= 0.3 is 0 Å². The molecule has 1 N–H and O–H groups in total. The summed E-state index contributed by atoms with van der Waals surface area (Å²) in [5, 5.41) is 2.72. The van der Waals surface area contributed by atoms with Gasteiger partial charge in [0.25, 0.3) is 5.91 Å². The van der Waals surface area contributed by atoms with Gasteiger partial charge in [0.15, 0.2) is 0 Å². The average molecular weight is 311 g/mol. The second kappa shape index (κ2) is 3.35. The molecular formula is C8H9Br2NO2. The second-order valence-electron chi connectivity index (χ2n) is 3.50. The quantitative estimate of drug-likeness (QED) is 0.536. The van der Waals surface area contributed by atoms with Crippen molar-refractivity contribution in [3.8, 4) is 0 Å². The van der Waals surface area contributed by atoms with E-state index in [2.05, 4.69) is 37.2 Å². The highest BCUT2D eigenvalue weighted by molar-refractivity contribution is 9.10. The number of ketones is 1. The van der Waals surface area contributed by atoms with Crippen molar-refractivity contribution in [2.75, 3.05) is 0 Å². The van der Waals surface area contributed by atoms with Gasteiger partial charge in [-0.2, -0.15) is 0 Å². The number of halogens is 2. The van der Waals surface area contributed by atoms with Crippen LogP contribution in [-0.2, 0) is 9.59 Å². The molecule has 2 fully saturated rings. The van der Waals surface area contributed by atoms with Crippen molar-refractivity contribution >= 4 is 43.6 Å². The smallest absolute Gasteiger partial charge is 0.288 e. The normalized spacial score (nSPS) is 44.5. The Morgan fingerprint density at radius 2 is 1.77 bits per heavy atom. The first-order chi connectivity index (χ1) is 6.11. The predicted octanol–water partition coefficient (Wildman–Crippen LogP) is 0.991. The summed E-state index contributed by atoms with van der Waals surface area (Å²) < 4.78 is 0. The molecular weight excluding hydrogens is 302 g/mol. The van der Waals surface area contributed by atoms with E-state index in [0.717, 1.165) is 12.8 Å². The fraction of sp³-hybridized carbons (Fsp3) is 0.750. The number of amides is 1. The Labute approximate surface area is 92.9 Å². The minimum Gasteiger partial charge on any atom is -0.345 e. The molecule has 1 saturated carbocycles. The number of hydrogen-bond donors (Lipinski definition) is 1. The van der Waals surface area contributed by atoms with Crippen LogP contribution in [0, 0.1) is 5.92 Å². The first kappa shape index (κ1) is 9.65. The third-order valence-corrected chi connectivity index (χ3v) is 4.76. The lowest BCUT2D eigenvalue weighted by Gasteiger charge is -2.31. The Morgan fingerprint density at radius 3 is 2.38 bits per heavy atom. The lowest BCUT2D eigenvalue weighted by atomic mass is 9.84. The summed E-state index contributed by atoms with van der Waals surface area (Å²) in [7, 11) is 0. The molecule has 0 spiro atoms. The maximum Gasteiger partial charge on any atom is 0.288 e. The summed E-state index contributed by atoms with van der Waals surface area (Å²) in [6.45, 7) is 0. The van der Waals surface area contributed by atoms with Gasteiger partial charge in [-0.1, -0.05) is 31.9 Å². The van der Waals surface area contributed by atoms with Crippen molar-refractivity contribution in [3.05, 3.63) is 0 Å². The highest BCUT2D eigenvalue weighted by atomic mass is 79.9. The number of carbonyl (C=O) groups excluding carboxylic acids is 2. The van der Waals surface area contributed by atoms with Crippen molar-refractivity contribution < 1.29 is 9.59 Å². The Balaban J connectivity index is 2.27. The summed E-state index contributed by atoms with van der Waals surface area (Å²) in [4.78, 5) is 23.0. The number of nitrogens with one attached hydrogen (secondary N) is 1. The molecule has 4 atom stereocenters. The summed E-state index contributed by atoms with van der Waals surface area (Å²) in [6.07, 6.45) is 1.93. The molecule has 0 bridgehead atoms. The second-order valence-corrected chi connectivity index (χ2v) is 5.85. The van der Waals surface area contributed by atoms with Crippen LogP contribution in [0.25, 0.3) is 0 Å². The highest BCUT2D eigenvalue weighted by Crippen LogP contribution is 2.37. The van der Waals surface area contributed by atoms with E-state index < -0.39 is 5.91 Å². The lowest BCUT2D eigenvalue weighted by Crippen LogP contribution is -2.44. The molecule has 13 heavy (non-hydrogen) atoms. The zero-order valence-electron chi connectivity index (χ0n) is 6.80. The highest BCUT2D eigenvalue weighted by Gasteiger charge is 2.49. The minimum absolute atomic E-state index is 0.0156. The van der Waals surface area contributed by atoms with Crippen LogP contribution in [0.15, 0.2) is 0 Å². The van der Waals surface area contributed by atoms with E-state index >= 15 is 0 Å². The van der Waals surface area contributed by atoms with Gasteiger partial charge < -0.3 is 5.32 Å². The first-order valence-electron chi connectivity index (χ1n) is 4.24. The van der Waals surface area contributed by atoms with Crippen molar-refractivity contribution in [3.63, 3.8) is 0 Å². The monoisotopic (exact) mass is 309 g/mol. The molecule has 0 aromatic carbocycles. The van der Waals surface area contributed by atoms with Crippen LogP contribution >= 0.6 is 31.9 Å². The summed E-state index contributed by atoms with van der Waals surface area (Å²) in [5.74, 6) is -0.868. The number of hydrogen-bond acceptors (Lipinski definition) is 2. The Morgan fingerprint density at radius 1 is 1.15 bits per heavy atom. The third-order valence-electron chi connectivity index (χ3n) is 2.71. The van der Waals surface area contributed by atoms with Gasteiger partial charge in [0.1, 0.15) is 0 Å². The molecule has 0 radical (unpaired) electrons. The van der Waals surface area contributed by atoms with Crippen molar-refractivity contribution in [1.29, 1.82) is 0 Å². The van der Waals surface area contributed by atoms with E-state index in [1.165, 1.54) is 0 Å². The van der Waals surface area contributed by atoms with Gasteiger partial charge in [-0.3, -0.25) is 9.59 Å². The number of fused-ring (bicyclic) bond motifs is 1. The molecule has 2 aliphatic rings. The van der Waals surface area contributed by atoms with E-state index in [4.69, 9.17) is 0 Å². The SMILES string of the molecule is O=C1NC2C(Br)CCC(Br)C2C1=O. The standard InChI is InChI=1S/C8H9Br2NO2/c9-3-1-2-4(10)6-5(3)7(12)8(13)11-6/h3-6H,1-2H2,(H,11,13). The number of alkyl halides is 2. The van der Waals surface area contributed by atoms with Gasteiger partial charge in [-0.05, 0) is 12.8 Å². The van der Waals surface area contributed by atoms with E-state index in [-0.39, 0.29) is 27.4 Å². The molecule has 5 heteroatoms. The predicted molar refractivity (Wildman–Crippen MR) is 55.1 cm³/mol. The topological polar surface area (TPSA) is 46.2 Å². The zero-order chi connectivity index (χ0) is 9.59. The van der Waals surface area contributed by atoms with Crippen LogP contribution in [0.4, 0.5) is 0 Å². The summed E-state index contributed by atoms with van der Waals surface area (Å²) in [6, 6.07) is -0.0156. The lowest BCUT2D eigenvalue weighted by molar-refractivity contribution is -0.136. The maximum absolute atomic E-state index is 11.4. The van der Waals surface area contributed by atoms with Crippen LogP contribution in [0.3, 0.4) is 0 Å². The van der Waals surface area contributed by atoms with Crippen molar-refractivity contribution in [2.45, 2.75) is 28.5 Å². The molecule has 1 saturated heterocycles. The first-order valence-corrected chi connectivity index (χ1v) is 6.07. The van der Waals surface area contributed by atoms with E-state index in [0.29, 0.717) is 0 Å². The molecule has 0 aromatic heterocycles. The van der Waals surface area contributed by atoms with Crippen LogP contribution in [-0.4, -0.2) is 27.4 Å². The molecule has 1 amide bonds. The van der Waals surface area contributed by atoms with Gasteiger partial charge in [0.05, 0.1) is 12.0 Å². The number of Topliss-reactive ketones (excluding diaryl/α,β-unsaturated/α-hetero) is 1. The fourth-order valence-electron chi connectivity index (χ4n) is 2.01. The molecule has 72 valence electrons.